The van der Waals surface area contributed by atoms with Crippen LogP contribution in [0.3, 0.4) is 0 Å². The molecule has 0 amide bonds. The highest BCUT2D eigenvalue weighted by Gasteiger charge is 2.43. The van der Waals surface area contributed by atoms with Crippen LogP contribution >= 0.6 is 0 Å². The van der Waals surface area contributed by atoms with Crippen LogP contribution in [0.1, 0.15) is 27.7 Å². The molecule has 8 atom stereocenters. The third-order valence-corrected chi connectivity index (χ3v) is 7.28. The van der Waals surface area contributed by atoms with E-state index in [0.29, 0.717) is 0 Å². The summed E-state index contributed by atoms with van der Waals surface area (Å²) < 4.78 is 35.5. The van der Waals surface area contributed by atoms with Gasteiger partial charge in [0.2, 0.25) is 34.6 Å². The molecule has 4 aliphatic heterocycles. The van der Waals surface area contributed by atoms with E-state index in [1.54, 1.807) is 0 Å². The molecule has 0 spiro atoms. The van der Waals surface area contributed by atoms with Crippen LogP contribution in [-0.4, -0.2) is 186 Å². The average Bonchev–Trinajstić information content (AvgIpc) is 3.89. The maximum absolute atomic E-state index is 11.2. The number of aliphatic hydroxyl groups is 10. The van der Waals surface area contributed by atoms with Crippen molar-refractivity contribution in [2.45, 2.75) is 76.5 Å². The molecule has 0 aliphatic carbocycles. The third-order valence-electron chi connectivity index (χ3n) is 7.28. The van der Waals surface area contributed by atoms with E-state index in [2.05, 4.69) is 37.9 Å². The maximum Gasteiger partial charge on any atom is 0.379 e. The van der Waals surface area contributed by atoms with Crippen molar-refractivity contribution in [1.82, 2.24) is 0 Å². The summed E-state index contributed by atoms with van der Waals surface area (Å²) in [6.45, 7) is 0.902. The van der Waals surface area contributed by atoms with E-state index in [1.807, 2.05) is 0 Å². The minimum Gasteiger partial charge on any atom is -0.865 e. The van der Waals surface area contributed by atoms with Gasteiger partial charge in [-0.25, -0.2) is 28.8 Å². The van der Waals surface area contributed by atoms with Crippen molar-refractivity contribution >= 4 is 59.3 Å². The molecule has 8 unspecified atom stereocenters. The van der Waals surface area contributed by atoms with E-state index in [0.717, 1.165) is 27.7 Å². The van der Waals surface area contributed by atoms with Gasteiger partial charge in [0.05, 0.1) is 26.4 Å². The minimum atomic E-state index is -1.61. The average molecular weight is 927 g/mol. The van der Waals surface area contributed by atoms with E-state index in [9.17, 15) is 83.7 Å². The van der Waals surface area contributed by atoms with Crippen molar-refractivity contribution in [2.24, 2.45) is 0 Å². The fourth-order valence-corrected chi connectivity index (χ4v) is 4.30. The maximum atomic E-state index is 11.2. The molecule has 64 heavy (non-hydrogen) atoms. The van der Waals surface area contributed by atoms with E-state index in [1.165, 1.54) is 0 Å². The predicted molar refractivity (Wildman–Crippen MR) is 182 cm³/mol. The van der Waals surface area contributed by atoms with Crippen molar-refractivity contribution in [3.8, 4) is 0 Å². The fraction of sp³-hybridized carbons (Fsp3) is 0.471. The van der Waals surface area contributed by atoms with E-state index in [-0.39, 0.29) is 0 Å². The van der Waals surface area contributed by atoms with Gasteiger partial charge in [-0.15, -0.1) is 0 Å². The molecule has 0 saturated heterocycles. The summed E-state index contributed by atoms with van der Waals surface area (Å²) in [5, 5.41) is 112. The number of ether oxygens (including phenoxy) is 8. The zero-order chi connectivity index (χ0) is 49.5. The molecule has 4 aliphatic rings. The van der Waals surface area contributed by atoms with Gasteiger partial charge in [0.15, 0.2) is 35.9 Å². The molecule has 4 heterocycles. The summed E-state index contributed by atoms with van der Waals surface area (Å²) in [5.74, 6) is -17.9. The molecular formula is C34H38O30-2. The Bertz CT molecular complexity index is 1850. The van der Waals surface area contributed by atoms with E-state index >= 15 is 0 Å². The second kappa shape index (κ2) is 24.5. The van der Waals surface area contributed by atoms with Crippen LogP contribution in [0.5, 0.6) is 0 Å². The Kier molecular flexibility index (Phi) is 21.1. The van der Waals surface area contributed by atoms with Crippen LogP contribution < -0.4 is 10.2 Å². The number of cyclic esters (lactones) is 4. The first-order valence-corrected chi connectivity index (χ1v) is 17.2. The van der Waals surface area contributed by atoms with Gasteiger partial charge < -0.3 is 99.2 Å². The number of carbonyl (C=O) groups excluding carboxylic acids is 10. The van der Waals surface area contributed by atoms with Crippen LogP contribution in [0.15, 0.2) is 46.1 Å². The van der Waals surface area contributed by atoms with Gasteiger partial charge in [-0.1, -0.05) is 0 Å². The summed E-state index contributed by atoms with van der Waals surface area (Å²) in [5.41, 5.74) is 0. The monoisotopic (exact) mass is 926 g/mol. The van der Waals surface area contributed by atoms with Gasteiger partial charge in [0.1, 0.15) is 24.4 Å². The highest BCUT2D eigenvalue weighted by Crippen LogP contribution is 2.27. The number of rotatable bonds is 14. The van der Waals surface area contributed by atoms with Crippen LogP contribution in [-0.2, 0) is 85.8 Å². The zero-order valence-corrected chi connectivity index (χ0v) is 33.1. The molecule has 0 radical (unpaired) electrons. The third kappa shape index (κ3) is 14.5. The van der Waals surface area contributed by atoms with Crippen LogP contribution in [0.4, 0.5) is 0 Å². The molecular weight excluding hydrogens is 888 g/mol. The number of carbonyl (C=O) groups is 10. The van der Waals surface area contributed by atoms with Crippen LogP contribution in [0.2, 0.25) is 0 Å². The zero-order valence-electron chi connectivity index (χ0n) is 33.1. The Morgan fingerprint density at radius 3 is 0.984 bits per heavy atom. The lowest BCUT2D eigenvalue weighted by Crippen LogP contribution is -2.33. The topological polar surface area (TPSA) is 493 Å². The number of ketones is 2. The molecule has 4 rings (SSSR count). The molecule has 0 aromatic heterocycles. The summed E-state index contributed by atoms with van der Waals surface area (Å²) >= 11 is 0. The lowest BCUT2D eigenvalue weighted by atomic mass is 10.2. The molecule has 0 bridgehead atoms. The number of hydrogen-bond acceptors (Lipinski definition) is 30. The van der Waals surface area contributed by atoms with Crippen molar-refractivity contribution in [1.29, 1.82) is 0 Å². The summed E-state index contributed by atoms with van der Waals surface area (Å²) in [7, 11) is 0. The molecule has 356 valence electrons. The van der Waals surface area contributed by atoms with E-state index in [4.69, 9.17) is 25.5 Å². The molecule has 30 nitrogen and oxygen atoms in total. The first kappa shape index (κ1) is 55.0. The van der Waals surface area contributed by atoms with Gasteiger partial charge in [0.25, 0.3) is 0 Å². The Morgan fingerprint density at radius 2 is 0.703 bits per heavy atom. The highest BCUT2D eigenvalue weighted by atomic mass is 16.6. The van der Waals surface area contributed by atoms with Gasteiger partial charge in [-0.2, -0.15) is 0 Å². The number of esters is 8. The van der Waals surface area contributed by atoms with Gasteiger partial charge in [0, 0.05) is 39.2 Å². The quantitative estimate of drug-likeness (QED) is 0.0439. The van der Waals surface area contributed by atoms with Crippen LogP contribution in [0.25, 0.3) is 0 Å². The standard InChI is InChI=1S/2C9H10O8.2C8H10O7/c2*1-3(11)8(14)17-7-5(13)9(15)16-6(7)4(12)2-10;2*1-3(10)14-7-5(12)8(13)15-6(7)4(11)2-9/h2*4,6,10,12-13H,2H2,1H3;2*4,6,9,11-12H,2H2,1H3/p-2. The molecule has 0 saturated carbocycles. The first-order valence-electron chi connectivity index (χ1n) is 17.2. The Labute approximate surface area is 355 Å². The Hall–Kier alpha value is -7.06. The molecule has 10 N–H and O–H groups in total. The van der Waals surface area contributed by atoms with Crippen LogP contribution in [0, 0.1) is 0 Å². The second-order valence-corrected chi connectivity index (χ2v) is 12.2. The smallest absolute Gasteiger partial charge is 0.379 e. The summed E-state index contributed by atoms with van der Waals surface area (Å²) in [6, 6.07) is 0. The Balaban J connectivity index is 0.000000427. The highest BCUT2D eigenvalue weighted by molar-refractivity contribution is 6.33. The predicted octanol–water partition coefficient (Wildman–Crippen LogP) is -8.87. The summed E-state index contributed by atoms with van der Waals surface area (Å²) in [4.78, 5) is 108. The Morgan fingerprint density at radius 1 is 0.469 bits per heavy atom. The van der Waals surface area contributed by atoms with Crippen molar-refractivity contribution in [2.75, 3.05) is 26.4 Å². The fourth-order valence-electron chi connectivity index (χ4n) is 4.30. The largest absolute Gasteiger partial charge is 0.865 e. The lowest BCUT2D eigenvalue weighted by Gasteiger charge is -2.18. The van der Waals surface area contributed by atoms with Gasteiger partial charge in [-0.05, 0) is 0 Å². The molecule has 0 aromatic carbocycles. The number of aliphatic hydroxyl groups excluding tert-OH is 10. The lowest BCUT2D eigenvalue weighted by molar-refractivity contribution is -0.303. The van der Waals surface area contributed by atoms with Crippen molar-refractivity contribution in [3.63, 3.8) is 0 Å². The number of Topliss-reactive ketones (excluding diaryl/α,β-unsaturated/α-hetero) is 2. The number of hydrogen-bond donors (Lipinski definition) is 10. The normalized spacial score (nSPS) is 21.8. The van der Waals surface area contributed by atoms with Gasteiger partial charge >= 0.3 is 47.8 Å². The second-order valence-electron chi connectivity index (χ2n) is 12.2. The summed E-state index contributed by atoms with van der Waals surface area (Å²) in [6.07, 6.45) is -12.0. The molecule has 0 aromatic rings. The molecule has 30 heteroatoms. The van der Waals surface area contributed by atoms with Gasteiger partial charge in [-0.3, -0.25) is 19.2 Å². The van der Waals surface area contributed by atoms with Crippen molar-refractivity contribution in [3.05, 3.63) is 46.1 Å². The minimum absolute atomic E-state index is 0.478. The van der Waals surface area contributed by atoms with Crippen molar-refractivity contribution < 1.29 is 147 Å². The SMILES string of the molecule is CC(=O)C(=O)OC1=C(O)C(=O)OC1C(O)CO.CC(=O)C(=O)OC1=C([O-])C(=O)OC1C(O)CO.CC(=O)OC1=C(O)C(=O)OC1C(O)CO.CC(=O)OC1=C([O-])C(=O)OC1C(O)CO. The first-order chi connectivity index (χ1) is 29.7. The van der Waals surface area contributed by atoms with E-state index < -0.39 is 181 Å². The molecule has 0 fully saturated rings.